The van der Waals surface area contributed by atoms with Crippen molar-refractivity contribution >= 4 is 17.5 Å². The molecule has 0 rings (SSSR count). The maximum atomic E-state index is 11.8. The van der Waals surface area contributed by atoms with Crippen LogP contribution in [-0.4, -0.2) is 52.0 Å². The maximum Gasteiger partial charge on any atom is 0.265 e. The molecule has 0 aliphatic rings. The minimum absolute atomic E-state index is 0.0273. The molecule has 0 fully saturated rings. The Morgan fingerprint density at radius 2 is 1.44 bits per heavy atom. The molecule has 158 valence electrons. The first kappa shape index (κ1) is 25.7. The molecular weight excluding hydrogens is 348 g/mol. The van der Waals surface area contributed by atoms with Crippen LogP contribution in [0.4, 0.5) is 0 Å². The standard InChI is InChI=1S/C20H38N2O5/c1-3-16(2)9-8-12-17(24)10-6-4-5-7-11-18(25)13-14-22(27)20(26)19(21)15-23/h16,19,23,27H,3-15,21H2,1-2H3/t16-,19-/m0/s1. The molecule has 0 heterocycles. The van der Waals surface area contributed by atoms with Crippen molar-refractivity contribution in [2.24, 2.45) is 11.7 Å². The second kappa shape index (κ2) is 15.7. The van der Waals surface area contributed by atoms with E-state index in [1.54, 1.807) is 0 Å². The molecule has 4 N–H and O–H groups in total. The molecule has 1 amide bonds. The lowest BCUT2D eigenvalue weighted by atomic mass is 9.99. The van der Waals surface area contributed by atoms with E-state index in [-0.39, 0.29) is 18.7 Å². The van der Waals surface area contributed by atoms with Gasteiger partial charge in [-0.3, -0.25) is 19.6 Å². The Labute approximate surface area is 163 Å². The number of aliphatic hydroxyl groups excluding tert-OH is 1. The molecule has 0 aliphatic carbocycles. The number of hydrogen-bond acceptors (Lipinski definition) is 6. The topological polar surface area (TPSA) is 121 Å². The first-order chi connectivity index (χ1) is 12.8. The maximum absolute atomic E-state index is 11.8. The summed E-state index contributed by atoms with van der Waals surface area (Å²) in [6.07, 6.45) is 8.47. The highest BCUT2D eigenvalue weighted by molar-refractivity contribution is 5.82. The van der Waals surface area contributed by atoms with Gasteiger partial charge >= 0.3 is 0 Å². The highest BCUT2D eigenvalue weighted by atomic mass is 16.5. The van der Waals surface area contributed by atoms with Crippen molar-refractivity contribution in [3.63, 3.8) is 0 Å². The number of hydrogen-bond donors (Lipinski definition) is 3. The van der Waals surface area contributed by atoms with Crippen LogP contribution in [0.1, 0.15) is 84.5 Å². The summed E-state index contributed by atoms with van der Waals surface area (Å²) in [4.78, 5) is 35.0. The zero-order valence-electron chi connectivity index (χ0n) is 17.0. The van der Waals surface area contributed by atoms with E-state index in [2.05, 4.69) is 13.8 Å². The molecule has 0 radical (unpaired) electrons. The van der Waals surface area contributed by atoms with E-state index in [4.69, 9.17) is 10.8 Å². The van der Waals surface area contributed by atoms with Gasteiger partial charge < -0.3 is 10.8 Å². The van der Waals surface area contributed by atoms with E-state index in [0.29, 0.717) is 36.0 Å². The summed E-state index contributed by atoms with van der Waals surface area (Å²) in [7, 11) is 0. The van der Waals surface area contributed by atoms with E-state index in [0.717, 1.165) is 44.9 Å². The molecule has 0 aliphatic heterocycles. The molecule has 27 heavy (non-hydrogen) atoms. The summed E-state index contributed by atoms with van der Waals surface area (Å²) in [6, 6.07) is -1.16. The molecule has 0 aromatic heterocycles. The number of carbonyl (C=O) groups excluding carboxylic acids is 3. The molecule has 2 atom stereocenters. The van der Waals surface area contributed by atoms with Crippen LogP contribution in [0.2, 0.25) is 0 Å². The van der Waals surface area contributed by atoms with Gasteiger partial charge in [0.05, 0.1) is 13.2 Å². The number of carbonyl (C=O) groups is 3. The fourth-order valence-corrected chi connectivity index (χ4v) is 2.71. The quantitative estimate of drug-likeness (QED) is 0.201. The van der Waals surface area contributed by atoms with Crippen LogP contribution in [0.3, 0.4) is 0 Å². The predicted octanol–water partition coefficient (Wildman–Crippen LogP) is 2.61. The van der Waals surface area contributed by atoms with Crippen molar-refractivity contribution in [1.82, 2.24) is 5.06 Å². The summed E-state index contributed by atoms with van der Waals surface area (Å²) >= 11 is 0. The van der Waals surface area contributed by atoms with Crippen LogP contribution >= 0.6 is 0 Å². The van der Waals surface area contributed by atoms with Crippen molar-refractivity contribution < 1.29 is 24.7 Å². The second-order valence-corrected chi connectivity index (χ2v) is 7.40. The van der Waals surface area contributed by atoms with Gasteiger partial charge in [0.1, 0.15) is 17.6 Å². The van der Waals surface area contributed by atoms with Crippen LogP contribution in [0, 0.1) is 5.92 Å². The number of Topliss-reactive ketones (excluding diaryl/α,β-unsaturated/α-hetero) is 2. The van der Waals surface area contributed by atoms with Gasteiger partial charge in [0, 0.05) is 25.7 Å². The minimum Gasteiger partial charge on any atom is -0.394 e. The number of nitrogens with two attached hydrogens (primary N) is 1. The van der Waals surface area contributed by atoms with Crippen LogP contribution in [0.5, 0.6) is 0 Å². The van der Waals surface area contributed by atoms with Gasteiger partial charge in [0.15, 0.2) is 0 Å². The third-order valence-corrected chi connectivity index (χ3v) is 4.88. The molecule has 7 nitrogen and oxygen atoms in total. The fraction of sp³-hybridized carbons (Fsp3) is 0.850. The Bertz CT molecular complexity index is 442. The summed E-state index contributed by atoms with van der Waals surface area (Å²) in [6.45, 7) is 3.72. The van der Waals surface area contributed by atoms with E-state index in [9.17, 15) is 19.6 Å². The molecule has 0 aromatic rings. The number of unbranched alkanes of at least 4 members (excludes halogenated alkanes) is 3. The van der Waals surface area contributed by atoms with E-state index in [1.807, 2.05) is 0 Å². The van der Waals surface area contributed by atoms with Crippen LogP contribution in [0.25, 0.3) is 0 Å². The Morgan fingerprint density at radius 1 is 0.926 bits per heavy atom. The third kappa shape index (κ3) is 13.5. The summed E-state index contributed by atoms with van der Waals surface area (Å²) in [5, 5.41) is 18.6. The third-order valence-electron chi connectivity index (χ3n) is 4.88. The van der Waals surface area contributed by atoms with Crippen molar-refractivity contribution in [1.29, 1.82) is 0 Å². The molecule has 0 saturated heterocycles. The highest BCUT2D eigenvalue weighted by Crippen LogP contribution is 2.13. The van der Waals surface area contributed by atoms with E-state index in [1.165, 1.54) is 0 Å². The lowest BCUT2D eigenvalue weighted by molar-refractivity contribution is -0.168. The molecule has 0 unspecified atom stereocenters. The van der Waals surface area contributed by atoms with E-state index < -0.39 is 18.6 Å². The second-order valence-electron chi connectivity index (χ2n) is 7.40. The summed E-state index contributed by atoms with van der Waals surface area (Å²) in [5.41, 5.74) is 5.31. The lowest BCUT2D eigenvalue weighted by Gasteiger charge is -2.17. The van der Waals surface area contributed by atoms with Gasteiger partial charge in [-0.15, -0.1) is 0 Å². The Balaban J connectivity index is 3.63. The molecule has 0 bridgehead atoms. The van der Waals surface area contributed by atoms with E-state index >= 15 is 0 Å². The Kier molecular flexibility index (Phi) is 15.0. The number of ketones is 2. The monoisotopic (exact) mass is 386 g/mol. The Morgan fingerprint density at radius 3 is 1.96 bits per heavy atom. The summed E-state index contributed by atoms with van der Waals surface area (Å²) < 4.78 is 0. The average Bonchev–Trinajstić information content (AvgIpc) is 2.67. The van der Waals surface area contributed by atoms with Gasteiger partial charge in [-0.05, 0) is 25.2 Å². The first-order valence-electron chi connectivity index (χ1n) is 10.2. The van der Waals surface area contributed by atoms with Crippen molar-refractivity contribution in [2.75, 3.05) is 13.2 Å². The molecule has 0 spiro atoms. The van der Waals surface area contributed by atoms with Crippen molar-refractivity contribution in [3.8, 4) is 0 Å². The van der Waals surface area contributed by atoms with Crippen molar-refractivity contribution in [2.45, 2.75) is 90.5 Å². The van der Waals surface area contributed by atoms with Gasteiger partial charge in [0.2, 0.25) is 0 Å². The predicted molar refractivity (Wildman–Crippen MR) is 104 cm³/mol. The lowest BCUT2D eigenvalue weighted by Crippen LogP contribution is -2.44. The zero-order valence-corrected chi connectivity index (χ0v) is 17.0. The Hall–Kier alpha value is -1.31. The fourth-order valence-electron chi connectivity index (χ4n) is 2.71. The first-order valence-corrected chi connectivity index (χ1v) is 10.2. The van der Waals surface area contributed by atoms with Gasteiger partial charge in [-0.25, -0.2) is 5.06 Å². The van der Waals surface area contributed by atoms with Gasteiger partial charge in [-0.2, -0.15) is 0 Å². The number of amides is 1. The van der Waals surface area contributed by atoms with Crippen molar-refractivity contribution in [3.05, 3.63) is 0 Å². The largest absolute Gasteiger partial charge is 0.394 e. The molecule has 0 saturated carbocycles. The molecular formula is C20H38N2O5. The van der Waals surface area contributed by atoms with Crippen LogP contribution in [0.15, 0.2) is 0 Å². The van der Waals surface area contributed by atoms with Gasteiger partial charge in [0.25, 0.3) is 5.91 Å². The number of rotatable bonds is 17. The summed E-state index contributed by atoms with van der Waals surface area (Å²) in [5.74, 6) is 0.209. The minimum atomic E-state index is -1.16. The smallest absolute Gasteiger partial charge is 0.265 e. The van der Waals surface area contributed by atoms with Crippen LogP contribution in [-0.2, 0) is 14.4 Å². The molecule has 7 heteroatoms. The number of aliphatic hydroxyl groups is 1. The normalized spacial score (nSPS) is 13.2. The SMILES string of the molecule is CC[C@H](C)CCCC(=O)CCCCCCC(=O)CCN(O)C(=O)[C@@H](N)CO. The number of nitrogens with zero attached hydrogens (tertiary/aromatic N) is 1. The van der Waals surface area contributed by atoms with Gasteiger partial charge in [-0.1, -0.05) is 39.5 Å². The number of hydroxylamine groups is 2. The van der Waals surface area contributed by atoms with Crippen LogP contribution < -0.4 is 5.73 Å². The average molecular weight is 387 g/mol. The zero-order chi connectivity index (χ0) is 20.7. The highest BCUT2D eigenvalue weighted by Gasteiger charge is 2.19. The molecule has 0 aromatic carbocycles.